The van der Waals surface area contributed by atoms with Crippen LogP contribution < -0.4 is 5.32 Å². The number of hydrogen-bond donors (Lipinski definition) is 1. The Kier molecular flexibility index (Phi) is 6.03. The van der Waals surface area contributed by atoms with Crippen LogP contribution in [0, 0.1) is 36.5 Å². The van der Waals surface area contributed by atoms with Gasteiger partial charge < -0.3 is 5.32 Å². The lowest BCUT2D eigenvalue weighted by molar-refractivity contribution is 0.102. The van der Waals surface area contributed by atoms with Crippen molar-refractivity contribution in [2.45, 2.75) is 20.4 Å². The van der Waals surface area contributed by atoms with E-state index in [2.05, 4.69) is 22.6 Å². The van der Waals surface area contributed by atoms with Crippen LogP contribution in [0.15, 0.2) is 66.7 Å². The fourth-order valence-corrected chi connectivity index (χ4v) is 4.86. The van der Waals surface area contributed by atoms with Crippen LogP contribution in [-0.4, -0.2) is 20.7 Å². The molecule has 0 aliphatic heterocycles. The first kappa shape index (κ1) is 23.0. The van der Waals surface area contributed by atoms with Gasteiger partial charge in [0.1, 0.15) is 10.9 Å². The van der Waals surface area contributed by atoms with Gasteiger partial charge >= 0.3 is 0 Å². The summed E-state index contributed by atoms with van der Waals surface area (Å²) < 4.78 is 1.84. The van der Waals surface area contributed by atoms with E-state index in [1.165, 1.54) is 11.3 Å². The Morgan fingerprint density at radius 1 is 1.03 bits per heavy atom. The van der Waals surface area contributed by atoms with Crippen LogP contribution in [0.3, 0.4) is 0 Å². The second kappa shape index (κ2) is 9.46. The number of anilines is 1. The molecule has 0 unspecified atom stereocenters. The van der Waals surface area contributed by atoms with Crippen LogP contribution in [0.25, 0.3) is 21.5 Å². The van der Waals surface area contributed by atoms with Crippen LogP contribution in [0.5, 0.6) is 0 Å². The van der Waals surface area contributed by atoms with Gasteiger partial charge in [0.15, 0.2) is 0 Å². The second-order valence-electron chi connectivity index (χ2n) is 8.31. The smallest absolute Gasteiger partial charge is 0.256 e. The van der Waals surface area contributed by atoms with Crippen molar-refractivity contribution in [1.29, 1.82) is 10.5 Å². The predicted molar refractivity (Wildman–Crippen MR) is 140 cm³/mol. The first-order valence-electron chi connectivity index (χ1n) is 11.2. The molecule has 0 radical (unpaired) electrons. The Bertz CT molecular complexity index is 1700. The second-order valence-corrected chi connectivity index (χ2v) is 9.40. The molecule has 0 saturated heterocycles. The van der Waals surface area contributed by atoms with Crippen molar-refractivity contribution in [3.8, 4) is 22.7 Å². The Morgan fingerprint density at radius 2 is 1.81 bits per heavy atom. The standard InChI is InChI=1S/C28H20N6OS/c1-17-27(18(2)34(33-17)16-20-9-7-19(14-29)8-10-20)32-28(35)23-13-25(26-12-11-21(15-30)36-26)31-24-6-4-3-5-22(23)24/h3-13H,16H2,1-2H3,(H,32,35). The quantitative estimate of drug-likeness (QED) is 0.335. The number of nitrogens with one attached hydrogen (secondary N) is 1. The third-order valence-corrected chi connectivity index (χ3v) is 6.98. The molecule has 0 aliphatic carbocycles. The summed E-state index contributed by atoms with van der Waals surface area (Å²) >= 11 is 1.34. The summed E-state index contributed by atoms with van der Waals surface area (Å²) in [4.78, 5) is 19.7. The molecule has 7 nitrogen and oxygen atoms in total. The monoisotopic (exact) mass is 488 g/mol. The summed E-state index contributed by atoms with van der Waals surface area (Å²) in [6, 6.07) is 24.5. The number of para-hydroxylation sites is 1. The molecular formula is C28H20N6OS. The first-order valence-corrected chi connectivity index (χ1v) is 12.0. The lowest BCUT2D eigenvalue weighted by atomic mass is 10.1. The van der Waals surface area contributed by atoms with E-state index in [1.54, 1.807) is 24.3 Å². The minimum absolute atomic E-state index is 0.254. The average Bonchev–Trinajstić information content (AvgIpc) is 3.49. The van der Waals surface area contributed by atoms with E-state index in [9.17, 15) is 10.1 Å². The van der Waals surface area contributed by atoms with Crippen molar-refractivity contribution in [2.75, 3.05) is 5.32 Å². The van der Waals surface area contributed by atoms with E-state index < -0.39 is 0 Å². The van der Waals surface area contributed by atoms with Gasteiger partial charge in [0.25, 0.3) is 5.91 Å². The van der Waals surface area contributed by atoms with E-state index in [-0.39, 0.29) is 5.91 Å². The van der Waals surface area contributed by atoms with Gasteiger partial charge in [-0.3, -0.25) is 9.48 Å². The van der Waals surface area contributed by atoms with Gasteiger partial charge in [-0.1, -0.05) is 30.3 Å². The number of carbonyl (C=O) groups is 1. The van der Waals surface area contributed by atoms with E-state index in [0.29, 0.717) is 45.1 Å². The lowest BCUT2D eigenvalue weighted by Gasteiger charge is -2.11. The molecule has 3 aromatic heterocycles. The molecule has 0 atom stereocenters. The zero-order valence-electron chi connectivity index (χ0n) is 19.6. The minimum atomic E-state index is -0.254. The maximum absolute atomic E-state index is 13.6. The molecule has 174 valence electrons. The molecular weight excluding hydrogens is 468 g/mol. The summed E-state index contributed by atoms with van der Waals surface area (Å²) in [5.41, 5.74) is 5.68. The molecule has 2 aromatic carbocycles. The molecule has 0 aliphatic rings. The number of nitriles is 2. The third-order valence-electron chi connectivity index (χ3n) is 5.96. The molecule has 0 fully saturated rings. The fourth-order valence-electron chi connectivity index (χ4n) is 4.10. The number of aromatic nitrogens is 3. The van der Waals surface area contributed by atoms with Gasteiger partial charge in [0, 0.05) is 5.39 Å². The van der Waals surface area contributed by atoms with Crippen LogP contribution >= 0.6 is 11.3 Å². The maximum atomic E-state index is 13.6. The molecule has 0 bridgehead atoms. The van der Waals surface area contributed by atoms with Crippen molar-refractivity contribution in [2.24, 2.45) is 0 Å². The SMILES string of the molecule is Cc1nn(Cc2ccc(C#N)cc2)c(C)c1NC(=O)c1cc(-c2ccc(C#N)s2)nc2ccccc12. The van der Waals surface area contributed by atoms with E-state index in [0.717, 1.165) is 21.5 Å². The zero-order valence-corrected chi connectivity index (χ0v) is 20.4. The summed E-state index contributed by atoms with van der Waals surface area (Å²) in [5.74, 6) is -0.254. The van der Waals surface area contributed by atoms with Crippen molar-refractivity contribution in [3.05, 3.63) is 99.7 Å². The number of nitrogens with zero attached hydrogens (tertiary/aromatic N) is 5. The number of thiophene rings is 1. The Labute approximate surface area is 211 Å². The normalized spacial score (nSPS) is 10.7. The van der Waals surface area contributed by atoms with Gasteiger partial charge in [-0.2, -0.15) is 15.6 Å². The van der Waals surface area contributed by atoms with Crippen LogP contribution in [-0.2, 0) is 6.54 Å². The van der Waals surface area contributed by atoms with Gasteiger partial charge in [-0.15, -0.1) is 11.3 Å². The predicted octanol–water partition coefficient (Wildman–Crippen LogP) is 5.82. The topological polar surface area (TPSA) is 107 Å². The van der Waals surface area contributed by atoms with Gasteiger partial charge in [-0.05, 0) is 55.8 Å². The molecule has 8 heteroatoms. The molecule has 5 rings (SSSR count). The summed E-state index contributed by atoms with van der Waals surface area (Å²) in [5, 5.41) is 26.7. The number of aryl methyl sites for hydroxylation is 1. The number of pyridine rings is 1. The van der Waals surface area contributed by atoms with Crippen molar-refractivity contribution in [1.82, 2.24) is 14.8 Å². The Balaban J connectivity index is 1.48. The minimum Gasteiger partial charge on any atom is -0.319 e. The highest BCUT2D eigenvalue weighted by Crippen LogP contribution is 2.31. The van der Waals surface area contributed by atoms with Gasteiger partial charge in [0.05, 0.1) is 56.9 Å². The largest absolute Gasteiger partial charge is 0.319 e. The molecule has 1 N–H and O–H groups in total. The highest BCUT2D eigenvalue weighted by molar-refractivity contribution is 7.15. The van der Waals surface area contributed by atoms with Crippen molar-refractivity contribution >= 4 is 33.8 Å². The van der Waals surface area contributed by atoms with Crippen LogP contribution in [0.4, 0.5) is 5.69 Å². The number of benzene rings is 2. The summed E-state index contributed by atoms with van der Waals surface area (Å²) in [6.45, 7) is 4.31. The van der Waals surface area contributed by atoms with Gasteiger partial charge in [0.2, 0.25) is 0 Å². The number of rotatable bonds is 5. The Hall–Kier alpha value is -4.79. The average molecular weight is 489 g/mol. The van der Waals surface area contributed by atoms with E-state index >= 15 is 0 Å². The summed E-state index contributed by atoms with van der Waals surface area (Å²) in [6.07, 6.45) is 0. The number of amides is 1. The Morgan fingerprint density at radius 3 is 2.53 bits per heavy atom. The van der Waals surface area contributed by atoms with Crippen molar-refractivity contribution < 1.29 is 4.79 Å². The number of carbonyl (C=O) groups excluding carboxylic acids is 1. The molecule has 0 saturated carbocycles. The first-order chi connectivity index (χ1) is 17.5. The molecule has 36 heavy (non-hydrogen) atoms. The maximum Gasteiger partial charge on any atom is 0.256 e. The van der Waals surface area contributed by atoms with Crippen LogP contribution in [0.2, 0.25) is 0 Å². The van der Waals surface area contributed by atoms with Crippen molar-refractivity contribution in [3.63, 3.8) is 0 Å². The third kappa shape index (κ3) is 4.34. The highest BCUT2D eigenvalue weighted by Gasteiger charge is 2.19. The zero-order chi connectivity index (χ0) is 25.2. The molecule has 5 aromatic rings. The fraction of sp³-hybridized carbons (Fsp3) is 0.107. The highest BCUT2D eigenvalue weighted by atomic mass is 32.1. The van der Waals surface area contributed by atoms with E-state index in [4.69, 9.17) is 10.2 Å². The molecule has 1 amide bonds. The van der Waals surface area contributed by atoms with Crippen LogP contribution in [0.1, 0.15) is 37.7 Å². The number of fused-ring (bicyclic) bond motifs is 1. The lowest BCUT2D eigenvalue weighted by Crippen LogP contribution is -2.14. The summed E-state index contributed by atoms with van der Waals surface area (Å²) in [7, 11) is 0. The van der Waals surface area contributed by atoms with Gasteiger partial charge in [-0.25, -0.2) is 4.98 Å². The number of hydrogen-bond acceptors (Lipinski definition) is 6. The molecule has 0 spiro atoms. The molecule has 3 heterocycles. The van der Waals surface area contributed by atoms with E-state index in [1.807, 2.05) is 61.0 Å².